The second-order valence-electron chi connectivity index (χ2n) is 23.2. The average molecular weight is 940 g/mol. The van der Waals surface area contributed by atoms with Crippen molar-refractivity contribution in [2.75, 3.05) is 101 Å². The van der Waals surface area contributed by atoms with Gasteiger partial charge in [0.15, 0.2) is 0 Å². The van der Waals surface area contributed by atoms with E-state index in [0.29, 0.717) is 33.0 Å². The van der Waals surface area contributed by atoms with Gasteiger partial charge in [-0.05, 0) is 55.8 Å². The lowest BCUT2D eigenvalue weighted by molar-refractivity contribution is -0.891. The standard InChI is InChI=1S/C56H112N4O6/c1-10-12-14-16-18-20-22-24-26-28-30-32-34-36-38-59(6,7)40-42-63-44-46-65-53(61)57-51-56(5)49-52(48-55(3,4)50-56)58-54(62)66-47-45-64-43-41-60(8,9)39-37-35-33-31-29-27-25-23-21-19-17-15-13-11-2/h52H,10-51H2,1-9H3/p+2. The van der Waals surface area contributed by atoms with Crippen molar-refractivity contribution in [3.8, 4) is 0 Å². The zero-order chi connectivity index (χ0) is 48.7. The molecule has 2 unspecified atom stereocenters. The summed E-state index contributed by atoms with van der Waals surface area (Å²) >= 11 is 0. The van der Waals surface area contributed by atoms with Crippen molar-refractivity contribution in [1.29, 1.82) is 0 Å². The van der Waals surface area contributed by atoms with Crippen LogP contribution in [0.25, 0.3) is 0 Å². The third kappa shape index (κ3) is 38.3. The molecule has 1 rings (SSSR count). The van der Waals surface area contributed by atoms with E-state index in [9.17, 15) is 9.59 Å². The van der Waals surface area contributed by atoms with Gasteiger partial charge in [0.25, 0.3) is 0 Å². The first-order chi connectivity index (χ1) is 31.6. The number of alkyl carbamates (subject to hydrolysis) is 2. The molecule has 1 aliphatic carbocycles. The van der Waals surface area contributed by atoms with E-state index in [2.05, 4.69) is 73.4 Å². The minimum absolute atomic E-state index is 0.00388. The Balaban J connectivity index is 2.11. The highest BCUT2D eigenvalue weighted by molar-refractivity contribution is 5.68. The fourth-order valence-electron chi connectivity index (χ4n) is 10.3. The fraction of sp³-hybridized carbons (Fsp3) is 0.964. The van der Waals surface area contributed by atoms with Crippen LogP contribution >= 0.6 is 0 Å². The molecule has 10 nitrogen and oxygen atoms in total. The Morgan fingerprint density at radius 2 is 0.803 bits per heavy atom. The molecule has 1 aliphatic rings. The second-order valence-corrected chi connectivity index (χ2v) is 23.2. The molecule has 0 radical (unpaired) electrons. The van der Waals surface area contributed by atoms with Crippen LogP contribution in [0.5, 0.6) is 0 Å². The third-order valence-corrected chi connectivity index (χ3v) is 14.3. The molecule has 10 heteroatoms. The number of likely N-dealkylation sites (N-methyl/N-ethyl adjacent to an activating group) is 2. The Hall–Kier alpha value is -1.62. The molecule has 0 spiro atoms. The third-order valence-electron chi connectivity index (χ3n) is 14.3. The molecule has 1 fully saturated rings. The normalized spacial score (nSPS) is 17.5. The molecule has 0 aliphatic heterocycles. The van der Waals surface area contributed by atoms with Crippen LogP contribution < -0.4 is 10.6 Å². The van der Waals surface area contributed by atoms with E-state index < -0.39 is 12.2 Å². The zero-order valence-electron chi connectivity index (χ0n) is 45.6. The zero-order valence-corrected chi connectivity index (χ0v) is 45.6. The van der Waals surface area contributed by atoms with Crippen LogP contribution in [0, 0.1) is 10.8 Å². The first kappa shape index (κ1) is 62.4. The number of quaternary nitrogens is 2. The Morgan fingerprint density at radius 3 is 1.18 bits per heavy atom. The maximum atomic E-state index is 12.8. The first-order valence-electron chi connectivity index (χ1n) is 28.2. The highest BCUT2D eigenvalue weighted by Crippen LogP contribution is 2.45. The van der Waals surface area contributed by atoms with E-state index in [-0.39, 0.29) is 30.1 Å². The van der Waals surface area contributed by atoms with Crippen molar-refractivity contribution < 1.29 is 37.5 Å². The summed E-state index contributed by atoms with van der Waals surface area (Å²) in [6.45, 7) is 18.5. The average Bonchev–Trinajstić information content (AvgIpc) is 3.24. The van der Waals surface area contributed by atoms with Crippen LogP contribution in [0.1, 0.15) is 234 Å². The summed E-state index contributed by atoms with van der Waals surface area (Å²) in [5.74, 6) is 0. The number of amides is 2. The van der Waals surface area contributed by atoms with Gasteiger partial charge in [-0.15, -0.1) is 0 Å². The van der Waals surface area contributed by atoms with Gasteiger partial charge in [0.2, 0.25) is 0 Å². The SMILES string of the molecule is CCCCCCCCCCCCCCCC[N+](C)(C)CCOCCOC(=O)NCC1(C)CC(NC(=O)OCCOCC[N+](C)(C)CCCCCCCCCCCCCCCC)CC(C)(C)C1. The largest absolute Gasteiger partial charge is 0.447 e. The van der Waals surface area contributed by atoms with Gasteiger partial charge < -0.3 is 38.5 Å². The van der Waals surface area contributed by atoms with Crippen molar-refractivity contribution in [3.63, 3.8) is 0 Å². The van der Waals surface area contributed by atoms with Gasteiger partial charge >= 0.3 is 12.2 Å². The molecule has 66 heavy (non-hydrogen) atoms. The van der Waals surface area contributed by atoms with Crippen LogP contribution in [0.3, 0.4) is 0 Å². The number of nitrogens with zero attached hydrogens (tertiary/aromatic N) is 2. The van der Waals surface area contributed by atoms with E-state index in [4.69, 9.17) is 18.9 Å². The van der Waals surface area contributed by atoms with Crippen LogP contribution in [0.2, 0.25) is 0 Å². The quantitative estimate of drug-likeness (QED) is 0.0467. The van der Waals surface area contributed by atoms with Crippen LogP contribution in [0.15, 0.2) is 0 Å². The van der Waals surface area contributed by atoms with Crippen molar-refractivity contribution in [3.05, 3.63) is 0 Å². The lowest BCUT2D eigenvalue weighted by atomic mass is 9.62. The molecular formula is C56H114N4O6+2. The Morgan fingerprint density at radius 1 is 0.455 bits per heavy atom. The minimum Gasteiger partial charge on any atom is -0.447 e. The predicted octanol–water partition coefficient (Wildman–Crippen LogP) is 14.2. The number of carbonyl (C=O) groups is 2. The number of hydrogen-bond acceptors (Lipinski definition) is 6. The van der Waals surface area contributed by atoms with Gasteiger partial charge in [0.05, 0.1) is 67.7 Å². The molecule has 0 bridgehead atoms. The van der Waals surface area contributed by atoms with Gasteiger partial charge in [0, 0.05) is 12.6 Å². The molecule has 0 aromatic carbocycles. The van der Waals surface area contributed by atoms with Crippen molar-refractivity contribution in [2.45, 2.75) is 240 Å². The van der Waals surface area contributed by atoms with Gasteiger partial charge in [-0.3, -0.25) is 0 Å². The molecule has 2 N–H and O–H groups in total. The summed E-state index contributed by atoms with van der Waals surface area (Å²) < 4.78 is 24.6. The fourth-order valence-corrected chi connectivity index (χ4v) is 10.3. The number of unbranched alkanes of at least 4 members (excludes halogenated alkanes) is 26. The molecule has 0 aromatic rings. The Labute approximate surface area is 410 Å². The first-order valence-corrected chi connectivity index (χ1v) is 28.2. The maximum absolute atomic E-state index is 12.8. The highest BCUT2D eigenvalue weighted by Gasteiger charge is 2.42. The Bertz CT molecular complexity index is 1150. The number of hydrogen-bond donors (Lipinski definition) is 2. The summed E-state index contributed by atoms with van der Waals surface area (Å²) in [5, 5.41) is 6.10. The van der Waals surface area contributed by atoms with E-state index in [1.807, 2.05) is 0 Å². The minimum atomic E-state index is -0.418. The van der Waals surface area contributed by atoms with E-state index in [1.165, 1.54) is 193 Å². The topological polar surface area (TPSA) is 95.1 Å². The molecule has 0 saturated heterocycles. The van der Waals surface area contributed by atoms with Gasteiger partial charge in [-0.25, -0.2) is 9.59 Å². The number of nitrogens with one attached hydrogen (secondary N) is 2. The van der Waals surface area contributed by atoms with Gasteiger partial charge in [0.1, 0.15) is 26.3 Å². The lowest BCUT2D eigenvalue weighted by Gasteiger charge is -2.46. The van der Waals surface area contributed by atoms with E-state index in [1.54, 1.807) is 0 Å². The van der Waals surface area contributed by atoms with Crippen molar-refractivity contribution >= 4 is 12.2 Å². The Kier molecular flexibility index (Phi) is 37.0. The lowest BCUT2D eigenvalue weighted by Crippen LogP contribution is -2.50. The van der Waals surface area contributed by atoms with Gasteiger partial charge in [-0.2, -0.15) is 0 Å². The molecule has 1 saturated carbocycles. The van der Waals surface area contributed by atoms with E-state index in [0.717, 1.165) is 41.3 Å². The van der Waals surface area contributed by atoms with Gasteiger partial charge in [-0.1, -0.05) is 189 Å². The predicted molar refractivity (Wildman–Crippen MR) is 279 cm³/mol. The van der Waals surface area contributed by atoms with Crippen molar-refractivity contribution in [2.24, 2.45) is 10.8 Å². The summed E-state index contributed by atoms with van der Waals surface area (Å²) in [7, 11) is 9.13. The van der Waals surface area contributed by atoms with Crippen molar-refractivity contribution in [1.82, 2.24) is 10.6 Å². The van der Waals surface area contributed by atoms with E-state index >= 15 is 0 Å². The monoisotopic (exact) mass is 939 g/mol. The second kappa shape index (κ2) is 39.1. The summed E-state index contributed by atoms with van der Waals surface area (Å²) in [6, 6.07) is -0.0385. The summed E-state index contributed by atoms with van der Waals surface area (Å²) in [4.78, 5) is 25.5. The number of rotatable bonds is 45. The number of carbonyl (C=O) groups excluding carboxylic acids is 2. The smallest absolute Gasteiger partial charge is 0.407 e. The summed E-state index contributed by atoms with van der Waals surface area (Å²) in [5.41, 5.74) is -0.184. The molecule has 0 aromatic heterocycles. The van der Waals surface area contributed by atoms with Crippen LogP contribution in [0.4, 0.5) is 9.59 Å². The molecule has 2 atom stereocenters. The molecular weight excluding hydrogens is 825 g/mol. The van der Waals surface area contributed by atoms with Crippen LogP contribution in [-0.4, -0.2) is 128 Å². The molecule has 0 heterocycles. The molecule has 2 amide bonds. The molecule has 392 valence electrons. The maximum Gasteiger partial charge on any atom is 0.407 e. The number of ether oxygens (including phenoxy) is 4. The highest BCUT2D eigenvalue weighted by atomic mass is 16.6. The van der Waals surface area contributed by atoms with Crippen LogP contribution in [-0.2, 0) is 18.9 Å². The summed E-state index contributed by atoms with van der Waals surface area (Å²) in [6.07, 6.45) is 40.5.